The predicted molar refractivity (Wildman–Crippen MR) is 125 cm³/mol. The number of hydrogen-bond acceptors (Lipinski definition) is 4. The van der Waals surface area contributed by atoms with Crippen molar-refractivity contribution in [2.24, 2.45) is 0 Å². The largest absolute Gasteiger partial charge is 0.351 e. The SMILES string of the molecule is Cc1cc([C@H]2[C@H](c3ccccn3)NC(=S)N2c2ccc(F)cc2)c(C)n1-c1nccs1. The Hall–Kier alpha value is -3.10. The first kappa shape index (κ1) is 19.8. The van der Waals surface area contributed by atoms with Crippen molar-refractivity contribution in [3.63, 3.8) is 0 Å². The van der Waals surface area contributed by atoms with E-state index in [9.17, 15) is 4.39 Å². The average Bonchev–Trinajstić information content (AvgIpc) is 3.47. The molecule has 4 aromatic rings. The quantitative estimate of drug-likeness (QED) is 0.431. The van der Waals surface area contributed by atoms with Crippen molar-refractivity contribution < 1.29 is 4.39 Å². The monoisotopic (exact) mass is 449 g/mol. The standard InChI is InChI=1S/C23H20FN5S2/c1-14-13-18(15(2)28(14)23-26-11-12-31-23)21-20(19-5-3-4-10-25-19)27-22(30)29(21)17-8-6-16(24)7-9-17/h3-13,20-21H,1-2H3,(H,27,30)/t20-,21-/m0/s1. The van der Waals surface area contributed by atoms with E-state index in [4.69, 9.17) is 12.2 Å². The van der Waals surface area contributed by atoms with Crippen LogP contribution in [0.15, 0.2) is 66.3 Å². The molecule has 1 aliphatic rings. The minimum Gasteiger partial charge on any atom is -0.351 e. The Morgan fingerprint density at radius 1 is 1.06 bits per heavy atom. The number of rotatable bonds is 4. The van der Waals surface area contributed by atoms with Crippen LogP contribution >= 0.6 is 23.6 Å². The molecule has 4 heterocycles. The lowest BCUT2D eigenvalue weighted by Crippen LogP contribution is -2.29. The topological polar surface area (TPSA) is 46.0 Å². The minimum absolute atomic E-state index is 0.146. The summed E-state index contributed by atoms with van der Waals surface area (Å²) < 4.78 is 15.8. The molecule has 0 amide bonds. The van der Waals surface area contributed by atoms with Gasteiger partial charge in [-0.1, -0.05) is 6.07 Å². The Morgan fingerprint density at radius 2 is 1.87 bits per heavy atom. The van der Waals surface area contributed by atoms with Crippen molar-refractivity contribution in [1.29, 1.82) is 0 Å². The number of nitrogens with zero attached hydrogens (tertiary/aromatic N) is 4. The summed E-state index contributed by atoms with van der Waals surface area (Å²) in [6.45, 7) is 4.18. The predicted octanol–water partition coefficient (Wildman–Crippen LogP) is 5.26. The fourth-order valence-corrected chi connectivity index (χ4v) is 5.36. The van der Waals surface area contributed by atoms with Gasteiger partial charge in [0.05, 0.1) is 17.8 Å². The second-order valence-corrected chi connectivity index (χ2v) is 8.71. The average molecular weight is 450 g/mol. The van der Waals surface area contributed by atoms with E-state index >= 15 is 0 Å². The van der Waals surface area contributed by atoms with Crippen LogP contribution in [0.25, 0.3) is 5.13 Å². The van der Waals surface area contributed by atoms with Gasteiger partial charge in [0.2, 0.25) is 0 Å². The van der Waals surface area contributed by atoms with E-state index in [1.165, 1.54) is 12.1 Å². The lowest BCUT2D eigenvalue weighted by atomic mass is 9.96. The highest BCUT2D eigenvalue weighted by Gasteiger charge is 2.42. The van der Waals surface area contributed by atoms with E-state index in [2.05, 4.69) is 44.7 Å². The molecule has 3 aromatic heterocycles. The molecule has 0 radical (unpaired) electrons. The summed E-state index contributed by atoms with van der Waals surface area (Å²) in [6.07, 6.45) is 3.60. The smallest absolute Gasteiger partial charge is 0.193 e. The number of halogens is 1. The van der Waals surface area contributed by atoms with Gasteiger partial charge in [-0.15, -0.1) is 11.3 Å². The van der Waals surface area contributed by atoms with Crippen LogP contribution in [0.5, 0.6) is 0 Å². The molecule has 0 unspecified atom stereocenters. The van der Waals surface area contributed by atoms with Crippen molar-refractivity contribution in [1.82, 2.24) is 19.9 Å². The van der Waals surface area contributed by atoms with Gasteiger partial charge in [-0.25, -0.2) is 9.37 Å². The molecule has 1 fully saturated rings. The number of benzene rings is 1. The molecular weight excluding hydrogens is 429 g/mol. The molecule has 2 atom stereocenters. The van der Waals surface area contributed by atoms with Crippen LogP contribution in [-0.2, 0) is 0 Å². The Balaban J connectivity index is 1.68. The van der Waals surface area contributed by atoms with Gasteiger partial charge in [-0.05, 0) is 74.1 Å². The van der Waals surface area contributed by atoms with Gasteiger partial charge in [0.15, 0.2) is 10.2 Å². The Bertz CT molecular complexity index is 1220. The Kier molecular flexibility index (Phi) is 5.03. The highest BCUT2D eigenvalue weighted by molar-refractivity contribution is 7.80. The highest BCUT2D eigenvalue weighted by Crippen LogP contribution is 2.43. The summed E-state index contributed by atoms with van der Waals surface area (Å²) in [5.74, 6) is -0.276. The van der Waals surface area contributed by atoms with Crippen LogP contribution in [0, 0.1) is 19.7 Å². The molecule has 156 valence electrons. The van der Waals surface area contributed by atoms with Crippen LogP contribution in [0.4, 0.5) is 10.1 Å². The number of nitrogens with one attached hydrogen (secondary N) is 1. The van der Waals surface area contributed by atoms with Crippen LogP contribution in [0.3, 0.4) is 0 Å². The third-order valence-corrected chi connectivity index (χ3v) is 6.67. The summed E-state index contributed by atoms with van der Waals surface area (Å²) >= 11 is 7.35. The maximum atomic E-state index is 13.6. The Morgan fingerprint density at radius 3 is 2.55 bits per heavy atom. The van der Waals surface area contributed by atoms with Gasteiger partial charge < -0.3 is 10.2 Å². The zero-order valence-corrected chi connectivity index (χ0v) is 18.6. The second kappa shape index (κ2) is 7.86. The molecule has 0 bridgehead atoms. The lowest BCUT2D eigenvalue weighted by molar-refractivity contribution is 0.565. The second-order valence-electron chi connectivity index (χ2n) is 7.45. The first-order valence-corrected chi connectivity index (χ1v) is 11.2. The van der Waals surface area contributed by atoms with Crippen molar-refractivity contribution in [2.45, 2.75) is 25.9 Å². The van der Waals surface area contributed by atoms with E-state index in [1.807, 2.05) is 29.8 Å². The molecule has 0 aliphatic carbocycles. The summed E-state index contributed by atoms with van der Waals surface area (Å²) in [5.41, 5.74) is 5.05. The van der Waals surface area contributed by atoms with E-state index in [0.717, 1.165) is 33.5 Å². The summed E-state index contributed by atoms with van der Waals surface area (Å²) in [5, 5.41) is 6.94. The van der Waals surface area contributed by atoms with Crippen LogP contribution < -0.4 is 10.2 Å². The molecule has 31 heavy (non-hydrogen) atoms. The molecule has 8 heteroatoms. The summed E-state index contributed by atoms with van der Waals surface area (Å²) in [7, 11) is 0. The molecule has 1 saturated heterocycles. The molecule has 1 aromatic carbocycles. The van der Waals surface area contributed by atoms with E-state index < -0.39 is 0 Å². The van der Waals surface area contributed by atoms with Crippen molar-refractivity contribution in [3.8, 4) is 5.13 Å². The third kappa shape index (κ3) is 3.41. The number of aromatic nitrogens is 3. The molecule has 1 aliphatic heterocycles. The van der Waals surface area contributed by atoms with E-state index in [1.54, 1.807) is 29.7 Å². The van der Waals surface area contributed by atoms with Gasteiger partial charge in [0, 0.05) is 34.8 Å². The number of pyridine rings is 1. The molecular formula is C23H20FN5S2. The first-order valence-electron chi connectivity index (χ1n) is 9.89. The highest BCUT2D eigenvalue weighted by atomic mass is 32.1. The lowest BCUT2D eigenvalue weighted by Gasteiger charge is -2.28. The summed E-state index contributed by atoms with van der Waals surface area (Å²) in [6, 6.07) is 14.2. The van der Waals surface area contributed by atoms with Crippen molar-refractivity contribution in [2.75, 3.05) is 4.90 Å². The van der Waals surface area contributed by atoms with Crippen molar-refractivity contribution in [3.05, 3.63) is 94.8 Å². The van der Waals surface area contributed by atoms with E-state index in [-0.39, 0.29) is 17.9 Å². The number of aryl methyl sites for hydroxylation is 1. The fourth-order valence-electron chi connectivity index (χ4n) is 4.26. The third-order valence-electron chi connectivity index (χ3n) is 5.60. The van der Waals surface area contributed by atoms with Crippen molar-refractivity contribution >= 4 is 34.4 Å². The number of thiazole rings is 1. The molecule has 0 saturated carbocycles. The number of hydrogen-bond donors (Lipinski definition) is 1. The summed E-state index contributed by atoms with van der Waals surface area (Å²) in [4.78, 5) is 11.2. The van der Waals surface area contributed by atoms with Crippen LogP contribution in [-0.4, -0.2) is 19.6 Å². The van der Waals surface area contributed by atoms with Crippen LogP contribution in [0.1, 0.15) is 34.7 Å². The maximum Gasteiger partial charge on any atom is 0.193 e. The molecule has 0 spiro atoms. The maximum absolute atomic E-state index is 13.6. The normalized spacial score (nSPS) is 18.4. The first-order chi connectivity index (χ1) is 15.0. The molecule has 5 rings (SSSR count). The number of anilines is 1. The molecule has 5 nitrogen and oxygen atoms in total. The zero-order chi connectivity index (χ0) is 21.5. The van der Waals surface area contributed by atoms with Gasteiger partial charge in [0.1, 0.15) is 5.82 Å². The number of thiocarbonyl (C=S) groups is 1. The minimum atomic E-state index is -0.276. The van der Waals surface area contributed by atoms with Crippen LogP contribution in [0.2, 0.25) is 0 Å². The van der Waals surface area contributed by atoms with Gasteiger partial charge in [-0.3, -0.25) is 9.55 Å². The van der Waals surface area contributed by atoms with E-state index in [0.29, 0.717) is 5.11 Å². The Labute approximate surface area is 189 Å². The fraction of sp³-hybridized carbons (Fsp3) is 0.174. The van der Waals surface area contributed by atoms with Gasteiger partial charge in [0.25, 0.3) is 0 Å². The van der Waals surface area contributed by atoms with Gasteiger partial charge in [-0.2, -0.15) is 0 Å². The molecule has 1 N–H and O–H groups in total. The zero-order valence-electron chi connectivity index (χ0n) is 17.0. The van der Waals surface area contributed by atoms with Gasteiger partial charge >= 0.3 is 0 Å².